The van der Waals surface area contributed by atoms with Crippen LogP contribution >= 0.6 is 0 Å². The highest BCUT2D eigenvalue weighted by Gasteiger charge is 2.40. The number of hydrogen-bond acceptors (Lipinski definition) is 3. The fourth-order valence-corrected chi connectivity index (χ4v) is 2.66. The lowest BCUT2D eigenvalue weighted by Crippen LogP contribution is -2.07. The van der Waals surface area contributed by atoms with Crippen LogP contribution in [-0.2, 0) is 9.53 Å². The number of carbonyl (C=O) groups excluding carboxylic acids is 1. The zero-order valence-corrected chi connectivity index (χ0v) is 11.8. The predicted molar refractivity (Wildman–Crippen MR) is 80.2 cm³/mol. The van der Waals surface area contributed by atoms with Crippen LogP contribution in [0.1, 0.15) is 23.1 Å². The minimum atomic E-state index is -0.335. The summed E-state index contributed by atoms with van der Waals surface area (Å²) >= 11 is 0. The average molecular weight is 280 g/mol. The van der Waals surface area contributed by atoms with Gasteiger partial charge in [-0.25, -0.2) is 4.79 Å². The largest absolute Gasteiger partial charge is 0.497 e. The number of cyclic esters (lactones) is 1. The summed E-state index contributed by atoms with van der Waals surface area (Å²) in [5.74, 6) is 0.301. The van der Waals surface area contributed by atoms with Crippen molar-refractivity contribution in [3.05, 3.63) is 77.9 Å². The lowest BCUT2D eigenvalue weighted by molar-refractivity contribution is -0.139. The maximum atomic E-state index is 11.9. The van der Waals surface area contributed by atoms with Gasteiger partial charge in [0.25, 0.3) is 0 Å². The van der Waals surface area contributed by atoms with E-state index in [0.29, 0.717) is 5.57 Å². The van der Waals surface area contributed by atoms with Crippen molar-refractivity contribution in [1.82, 2.24) is 0 Å². The van der Waals surface area contributed by atoms with E-state index in [-0.39, 0.29) is 18.0 Å². The van der Waals surface area contributed by atoms with Crippen molar-refractivity contribution < 1.29 is 14.3 Å². The molecule has 3 nitrogen and oxygen atoms in total. The first-order chi connectivity index (χ1) is 10.2. The molecule has 0 spiro atoms. The van der Waals surface area contributed by atoms with Gasteiger partial charge in [0.2, 0.25) is 0 Å². The van der Waals surface area contributed by atoms with E-state index in [9.17, 15) is 4.79 Å². The summed E-state index contributed by atoms with van der Waals surface area (Å²) in [5.41, 5.74) is 2.48. The van der Waals surface area contributed by atoms with Gasteiger partial charge in [0.05, 0.1) is 13.0 Å². The second kappa shape index (κ2) is 5.44. The Morgan fingerprint density at radius 3 is 2.29 bits per heavy atom. The van der Waals surface area contributed by atoms with E-state index in [1.807, 2.05) is 54.6 Å². The number of esters is 1. The van der Waals surface area contributed by atoms with Gasteiger partial charge in [-0.15, -0.1) is 0 Å². The number of hydrogen-bond donors (Lipinski definition) is 0. The van der Waals surface area contributed by atoms with Crippen LogP contribution in [0.25, 0.3) is 0 Å². The molecule has 106 valence electrons. The molecule has 1 aliphatic heterocycles. The molecular formula is C18H16O3. The predicted octanol–water partition coefficient (Wildman–Crippen LogP) is 3.63. The van der Waals surface area contributed by atoms with Crippen LogP contribution in [0, 0.1) is 0 Å². The lowest BCUT2D eigenvalue weighted by atomic mass is 9.86. The minimum absolute atomic E-state index is 0.146. The summed E-state index contributed by atoms with van der Waals surface area (Å²) in [4.78, 5) is 11.9. The molecule has 1 saturated heterocycles. The standard InChI is InChI=1S/C18H16O3/c1-12-16(13-6-4-3-5-7-13)17(21-18(12)19)14-8-10-15(20-2)11-9-14/h3-11,16-17H,1H2,2H3/t16-,17-/m1/s1. The van der Waals surface area contributed by atoms with Crippen molar-refractivity contribution in [2.24, 2.45) is 0 Å². The molecule has 0 radical (unpaired) electrons. The highest BCUT2D eigenvalue weighted by Crippen LogP contribution is 2.45. The fraction of sp³-hybridized carbons (Fsp3) is 0.167. The molecule has 1 aliphatic rings. The Hall–Kier alpha value is -2.55. The molecule has 0 saturated carbocycles. The summed E-state index contributed by atoms with van der Waals surface area (Å²) in [7, 11) is 1.62. The molecule has 1 heterocycles. The molecular weight excluding hydrogens is 264 g/mol. The van der Waals surface area contributed by atoms with E-state index in [2.05, 4.69) is 6.58 Å². The fourth-order valence-electron chi connectivity index (χ4n) is 2.66. The third-order valence-corrected chi connectivity index (χ3v) is 3.78. The zero-order valence-electron chi connectivity index (χ0n) is 11.8. The zero-order chi connectivity index (χ0) is 14.8. The molecule has 0 N–H and O–H groups in total. The van der Waals surface area contributed by atoms with Crippen LogP contribution in [0.3, 0.4) is 0 Å². The van der Waals surface area contributed by atoms with E-state index in [1.165, 1.54) is 0 Å². The van der Waals surface area contributed by atoms with Gasteiger partial charge in [-0.05, 0) is 23.3 Å². The van der Waals surface area contributed by atoms with E-state index in [4.69, 9.17) is 9.47 Å². The second-order valence-corrected chi connectivity index (χ2v) is 5.01. The number of methoxy groups -OCH3 is 1. The van der Waals surface area contributed by atoms with Gasteiger partial charge >= 0.3 is 5.97 Å². The molecule has 1 fully saturated rings. The van der Waals surface area contributed by atoms with Crippen LogP contribution in [0.2, 0.25) is 0 Å². The molecule has 0 unspecified atom stereocenters. The molecule has 0 bridgehead atoms. The van der Waals surface area contributed by atoms with Gasteiger partial charge in [-0.1, -0.05) is 49.0 Å². The second-order valence-electron chi connectivity index (χ2n) is 5.01. The Bertz CT molecular complexity index is 659. The molecule has 2 aromatic carbocycles. The van der Waals surface area contributed by atoms with Crippen molar-refractivity contribution in [3.63, 3.8) is 0 Å². The highest BCUT2D eigenvalue weighted by atomic mass is 16.6. The van der Waals surface area contributed by atoms with Crippen molar-refractivity contribution in [3.8, 4) is 5.75 Å². The SMILES string of the molecule is C=C1C(=O)O[C@H](c2ccc(OC)cc2)[C@H]1c1ccccc1. The first-order valence-corrected chi connectivity index (χ1v) is 6.79. The van der Waals surface area contributed by atoms with Crippen molar-refractivity contribution >= 4 is 5.97 Å². The normalized spacial score (nSPS) is 21.2. The summed E-state index contributed by atoms with van der Waals surface area (Å²) in [6, 6.07) is 17.4. The number of ether oxygens (including phenoxy) is 2. The Morgan fingerprint density at radius 1 is 1.00 bits per heavy atom. The maximum absolute atomic E-state index is 11.9. The van der Waals surface area contributed by atoms with Crippen molar-refractivity contribution in [2.45, 2.75) is 12.0 Å². The summed E-state index contributed by atoms with van der Waals surface area (Å²) in [6.07, 6.45) is -0.335. The molecule has 0 amide bonds. The summed E-state index contributed by atoms with van der Waals surface area (Å²) < 4.78 is 10.7. The Morgan fingerprint density at radius 2 is 1.67 bits per heavy atom. The Balaban J connectivity index is 1.99. The van der Waals surface area contributed by atoms with Crippen molar-refractivity contribution in [2.75, 3.05) is 7.11 Å². The van der Waals surface area contributed by atoms with Crippen LogP contribution in [0.4, 0.5) is 0 Å². The summed E-state index contributed by atoms with van der Waals surface area (Å²) in [5, 5.41) is 0. The summed E-state index contributed by atoms with van der Waals surface area (Å²) in [6.45, 7) is 3.90. The molecule has 2 atom stereocenters. The highest BCUT2D eigenvalue weighted by molar-refractivity contribution is 5.92. The van der Waals surface area contributed by atoms with Gasteiger partial charge in [-0.2, -0.15) is 0 Å². The van der Waals surface area contributed by atoms with E-state index in [1.54, 1.807) is 7.11 Å². The minimum Gasteiger partial charge on any atom is -0.497 e. The molecule has 2 aromatic rings. The topological polar surface area (TPSA) is 35.5 Å². The first kappa shape index (κ1) is 13.4. The van der Waals surface area contributed by atoms with Crippen molar-refractivity contribution in [1.29, 1.82) is 0 Å². The Kier molecular flexibility index (Phi) is 3.48. The van der Waals surface area contributed by atoms with Crippen LogP contribution in [0.15, 0.2) is 66.7 Å². The van der Waals surface area contributed by atoms with Crippen LogP contribution in [0.5, 0.6) is 5.75 Å². The van der Waals surface area contributed by atoms with Gasteiger partial charge in [0.1, 0.15) is 11.9 Å². The van der Waals surface area contributed by atoms with E-state index in [0.717, 1.165) is 16.9 Å². The van der Waals surface area contributed by atoms with Gasteiger partial charge < -0.3 is 9.47 Å². The van der Waals surface area contributed by atoms with E-state index >= 15 is 0 Å². The smallest absolute Gasteiger partial charge is 0.334 e. The molecule has 21 heavy (non-hydrogen) atoms. The quantitative estimate of drug-likeness (QED) is 0.636. The third kappa shape index (κ3) is 2.42. The van der Waals surface area contributed by atoms with E-state index < -0.39 is 0 Å². The van der Waals surface area contributed by atoms with Crippen LogP contribution < -0.4 is 4.74 Å². The van der Waals surface area contributed by atoms with Gasteiger partial charge in [0.15, 0.2) is 0 Å². The lowest BCUT2D eigenvalue weighted by Gasteiger charge is -2.18. The molecule has 3 heteroatoms. The van der Waals surface area contributed by atoms with Gasteiger partial charge in [0, 0.05) is 5.57 Å². The number of benzene rings is 2. The monoisotopic (exact) mass is 280 g/mol. The first-order valence-electron chi connectivity index (χ1n) is 6.79. The number of rotatable bonds is 3. The molecule has 0 aliphatic carbocycles. The average Bonchev–Trinajstić information content (AvgIpc) is 2.84. The van der Waals surface area contributed by atoms with Gasteiger partial charge in [-0.3, -0.25) is 0 Å². The molecule has 3 rings (SSSR count). The molecule has 0 aromatic heterocycles. The Labute approximate surface area is 123 Å². The third-order valence-electron chi connectivity index (χ3n) is 3.78. The number of carbonyl (C=O) groups is 1. The van der Waals surface area contributed by atoms with Crippen LogP contribution in [-0.4, -0.2) is 13.1 Å². The maximum Gasteiger partial charge on any atom is 0.334 e.